The Morgan fingerprint density at radius 2 is 2.05 bits per heavy atom. The maximum atomic E-state index is 12.0. The Kier molecular flexibility index (Phi) is 4.95. The summed E-state index contributed by atoms with van der Waals surface area (Å²) < 4.78 is 0. The Balaban J connectivity index is 2.00. The van der Waals surface area contributed by atoms with Gasteiger partial charge in [-0.2, -0.15) is 0 Å². The molecule has 2 N–H and O–H groups in total. The standard InChI is InChI=1S/C15H13ClN2O4/c16-14-5-4-11(18(21)22)9-13(14)15(20)17-7-6-10-2-1-3-12(19)8-10/h1-5,8-9,19H,6-7H2,(H,17,20). The van der Waals surface area contributed by atoms with Crippen LogP contribution in [0.2, 0.25) is 5.02 Å². The van der Waals surface area contributed by atoms with Gasteiger partial charge in [0.05, 0.1) is 15.5 Å². The highest BCUT2D eigenvalue weighted by Gasteiger charge is 2.15. The lowest BCUT2D eigenvalue weighted by Crippen LogP contribution is -2.26. The minimum absolute atomic E-state index is 0.0618. The van der Waals surface area contributed by atoms with Crippen LogP contribution in [-0.4, -0.2) is 22.5 Å². The molecular formula is C15H13ClN2O4. The van der Waals surface area contributed by atoms with E-state index in [1.807, 2.05) is 6.07 Å². The molecule has 0 bridgehead atoms. The molecule has 22 heavy (non-hydrogen) atoms. The quantitative estimate of drug-likeness (QED) is 0.654. The van der Waals surface area contributed by atoms with Crippen LogP contribution in [0.5, 0.6) is 5.75 Å². The third-order valence-electron chi connectivity index (χ3n) is 3.02. The molecule has 2 rings (SSSR count). The number of non-ortho nitro benzene ring substituents is 1. The van der Waals surface area contributed by atoms with E-state index < -0.39 is 10.8 Å². The number of aromatic hydroxyl groups is 1. The van der Waals surface area contributed by atoms with E-state index in [9.17, 15) is 20.0 Å². The molecule has 0 aliphatic rings. The Morgan fingerprint density at radius 3 is 2.73 bits per heavy atom. The first-order chi connectivity index (χ1) is 10.5. The maximum Gasteiger partial charge on any atom is 0.270 e. The molecule has 0 saturated carbocycles. The molecule has 0 saturated heterocycles. The molecule has 0 unspecified atom stereocenters. The average Bonchev–Trinajstić information content (AvgIpc) is 2.47. The van der Waals surface area contributed by atoms with E-state index in [0.29, 0.717) is 13.0 Å². The van der Waals surface area contributed by atoms with Crippen LogP contribution in [0.1, 0.15) is 15.9 Å². The van der Waals surface area contributed by atoms with Gasteiger partial charge < -0.3 is 10.4 Å². The first kappa shape index (κ1) is 15.8. The minimum atomic E-state index is -0.583. The molecule has 0 atom stereocenters. The van der Waals surface area contributed by atoms with Crippen LogP contribution in [-0.2, 0) is 6.42 Å². The van der Waals surface area contributed by atoms with E-state index in [1.165, 1.54) is 12.1 Å². The normalized spacial score (nSPS) is 10.2. The molecule has 0 fully saturated rings. The summed E-state index contributed by atoms with van der Waals surface area (Å²) in [6.45, 7) is 0.321. The summed E-state index contributed by atoms with van der Waals surface area (Å²) in [5.41, 5.74) is 0.736. The van der Waals surface area contributed by atoms with Gasteiger partial charge in [0.25, 0.3) is 11.6 Å². The van der Waals surface area contributed by atoms with Crippen LogP contribution < -0.4 is 5.32 Å². The second kappa shape index (κ2) is 6.91. The van der Waals surface area contributed by atoms with Crippen molar-refractivity contribution >= 4 is 23.2 Å². The summed E-state index contributed by atoms with van der Waals surface area (Å²) in [4.78, 5) is 22.2. The number of nitrogens with zero attached hydrogens (tertiary/aromatic N) is 1. The van der Waals surface area contributed by atoms with E-state index >= 15 is 0 Å². The third kappa shape index (κ3) is 3.95. The number of halogens is 1. The van der Waals surface area contributed by atoms with Gasteiger partial charge in [0.1, 0.15) is 5.75 Å². The molecule has 0 aliphatic heterocycles. The lowest BCUT2D eigenvalue weighted by Gasteiger charge is -2.07. The summed E-state index contributed by atoms with van der Waals surface area (Å²) in [6.07, 6.45) is 0.521. The van der Waals surface area contributed by atoms with Crippen LogP contribution in [0.25, 0.3) is 0 Å². The van der Waals surface area contributed by atoms with E-state index in [4.69, 9.17) is 11.6 Å². The van der Waals surface area contributed by atoms with Crippen molar-refractivity contribution in [1.82, 2.24) is 5.32 Å². The molecule has 0 aromatic heterocycles. The van der Waals surface area contributed by atoms with Gasteiger partial charge >= 0.3 is 0 Å². The predicted molar refractivity (Wildman–Crippen MR) is 82.3 cm³/mol. The number of amides is 1. The summed E-state index contributed by atoms with van der Waals surface area (Å²) in [5, 5.41) is 22.9. The minimum Gasteiger partial charge on any atom is -0.508 e. The highest BCUT2D eigenvalue weighted by Crippen LogP contribution is 2.22. The molecule has 0 spiro atoms. The average molecular weight is 321 g/mol. The number of nitro groups is 1. The molecule has 0 aliphatic carbocycles. The molecule has 114 valence electrons. The van der Waals surface area contributed by atoms with E-state index in [2.05, 4.69) is 5.32 Å². The van der Waals surface area contributed by atoms with Crippen molar-refractivity contribution in [2.75, 3.05) is 6.54 Å². The van der Waals surface area contributed by atoms with Crippen LogP contribution in [0.3, 0.4) is 0 Å². The van der Waals surface area contributed by atoms with Crippen molar-refractivity contribution in [2.24, 2.45) is 0 Å². The van der Waals surface area contributed by atoms with Crippen LogP contribution in [0.4, 0.5) is 5.69 Å². The first-order valence-corrected chi connectivity index (χ1v) is 6.85. The number of hydrogen-bond acceptors (Lipinski definition) is 4. The number of phenolic OH excluding ortho intramolecular Hbond substituents is 1. The van der Waals surface area contributed by atoms with E-state index in [1.54, 1.807) is 18.2 Å². The Labute approximate surface area is 131 Å². The van der Waals surface area contributed by atoms with Crippen molar-refractivity contribution in [1.29, 1.82) is 0 Å². The number of rotatable bonds is 5. The van der Waals surface area contributed by atoms with Gasteiger partial charge in [-0.25, -0.2) is 0 Å². The molecule has 6 nitrogen and oxygen atoms in total. The molecule has 0 radical (unpaired) electrons. The van der Waals surface area contributed by atoms with Gasteiger partial charge in [0.2, 0.25) is 0 Å². The van der Waals surface area contributed by atoms with Crippen molar-refractivity contribution in [3.8, 4) is 5.75 Å². The number of nitrogens with one attached hydrogen (secondary N) is 1. The lowest BCUT2D eigenvalue weighted by atomic mass is 10.1. The topological polar surface area (TPSA) is 92.5 Å². The smallest absolute Gasteiger partial charge is 0.270 e. The Hall–Kier alpha value is -2.60. The zero-order valence-electron chi connectivity index (χ0n) is 11.5. The zero-order chi connectivity index (χ0) is 16.1. The Bertz CT molecular complexity index is 718. The van der Waals surface area contributed by atoms with Gasteiger partial charge in [-0.1, -0.05) is 23.7 Å². The van der Waals surface area contributed by atoms with Gasteiger partial charge in [-0.3, -0.25) is 14.9 Å². The fraction of sp³-hybridized carbons (Fsp3) is 0.133. The van der Waals surface area contributed by atoms with Crippen molar-refractivity contribution in [2.45, 2.75) is 6.42 Å². The molecule has 2 aromatic carbocycles. The van der Waals surface area contributed by atoms with Crippen molar-refractivity contribution < 1.29 is 14.8 Å². The van der Waals surface area contributed by atoms with Gasteiger partial charge in [-0.05, 0) is 30.2 Å². The van der Waals surface area contributed by atoms with Gasteiger partial charge in [0.15, 0.2) is 0 Å². The van der Waals surface area contributed by atoms with E-state index in [0.717, 1.165) is 11.6 Å². The summed E-state index contributed by atoms with van der Waals surface area (Å²) in [5.74, 6) is -0.320. The number of carbonyl (C=O) groups is 1. The summed E-state index contributed by atoms with van der Waals surface area (Å²) in [6, 6.07) is 10.4. The number of carbonyl (C=O) groups excluding carboxylic acids is 1. The molecule has 0 heterocycles. The third-order valence-corrected chi connectivity index (χ3v) is 3.34. The molecule has 7 heteroatoms. The molecular weight excluding hydrogens is 308 g/mol. The van der Waals surface area contributed by atoms with Crippen molar-refractivity contribution in [3.05, 3.63) is 68.7 Å². The lowest BCUT2D eigenvalue weighted by molar-refractivity contribution is -0.384. The van der Waals surface area contributed by atoms with Crippen LogP contribution in [0, 0.1) is 10.1 Å². The van der Waals surface area contributed by atoms with Gasteiger partial charge in [-0.15, -0.1) is 0 Å². The van der Waals surface area contributed by atoms with Crippen molar-refractivity contribution in [3.63, 3.8) is 0 Å². The number of nitro benzene ring substituents is 1. The van der Waals surface area contributed by atoms with Gasteiger partial charge in [0, 0.05) is 18.7 Å². The second-order valence-corrected chi connectivity index (χ2v) is 5.00. The largest absolute Gasteiger partial charge is 0.508 e. The first-order valence-electron chi connectivity index (χ1n) is 6.47. The summed E-state index contributed by atoms with van der Waals surface area (Å²) in [7, 11) is 0. The monoisotopic (exact) mass is 320 g/mol. The fourth-order valence-corrected chi connectivity index (χ4v) is 2.13. The molecule has 1 amide bonds. The van der Waals surface area contributed by atoms with Crippen LogP contribution >= 0.6 is 11.6 Å². The summed E-state index contributed by atoms with van der Waals surface area (Å²) >= 11 is 5.90. The number of phenols is 1. The number of hydrogen-bond donors (Lipinski definition) is 2. The van der Waals surface area contributed by atoms with E-state index in [-0.39, 0.29) is 22.0 Å². The SMILES string of the molecule is O=C(NCCc1cccc(O)c1)c1cc([N+](=O)[O-])ccc1Cl. The molecule has 2 aromatic rings. The highest BCUT2D eigenvalue weighted by molar-refractivity contribution is 6.33. The second-order valence-electron chi connectivity index (χ2n) is 4.60. The maximum absolute atomic E-state index is 12.0. The fourth-order valence-electron chi connectivity index (χ4n) is 1.93. The zero-order valence-corrected chi connectivity index (χ0v) is 12.2. The Morgan fingerprint density at radius 1 is 1.27 bits per heavy atom. The van der Waals surface area contributed by atoms with Crippen LogP contribution in [0.15, 0.2) is 42.5 Å². The predicted octanol–water partition coefficient (Wildman–Crippen LogP) is 2.93. The highest BCUT2D eigenvalue weighted by atomic mass is 35.5. The number of benzene rings is 2.